The van der Waals surface area contributed by atoms with Crippen molar-refractivity contribution in [3.8, 4) is 0 Å². The Hall–Kier alpha value is -1.62. The molecule has 0 bridgehead atoms. The van der Waals surface area contributed by atoms with Crippen LogP contribution < -0.4 is 9.80 Å². The van der Waals surface area contributed by atoms with Crippen LogP contribution in [0.15, 0.2) is 12.1 Å². The van der Waals surface area contributed by atoms with E-state index >= 15 is 0 Å². The lowest BCUT2D eigenvalue weighted by molar-refractivity contribution is -0.127. The molecule has 152 valence electrons. The minimum absolute atomic E-state index is 0.0682. The fraction of sp³-hybridized carbons (Fsp3) is 0.739. The summed E-state index contributed by atoms with van der Waals surface area (Å²) < 4.78 is 0. The van der Waals surface area contributed by atoms with Crippen LogP contribution in [-0.4, -0.2) is 54.6 Å². The summed E-state index contributed by atoms with van der Waals surface area (Å²) in [6.07, 6.45) is 10.9. The van der Waals surface area contributed by atoms with Gasteiger partial charge in [-0.2, -0.15) is 0 Å². The van der Waals surface area contributed by atoms with E-state index in [9.17, 15) is 4.79 Å². The number of aromatic nitrogens is 1. The van der Waals surface area contributed by atoms with Crippen molar-refractivity contribution in [2.75, 3.05) is 42.5 Å². The van der Waals surface area contributed by atoms with Crippen LogP contribution >= 0.6 is 0 Å². The van der Waals surface area contributed by atoms with Crippen molar-refractivity contribution in [1.82, 2.24) is 9.88 Å². The Bertz CT molecular complexity index is 736. The van der Waals surface area contributed by atoms with Crippen molar-refractivity contribution in [2.45, 2.75) is 70.8 Å². The highest BCUT2D eigenvalue weighted by Gasteiger charge is 2.47. The fourth-order valence-corrected chi connectivity index (χ4v) is 6.10. The molecule has 0 aromatic carbocycles. The lowest BCUT2D eigenvalue weighted by atomic mass is 9.73. The maximum absolute atomic E-state index is 13.2. The number of hydrogen-bond donors (Lipinski definition) is 0. The highest BCUT2D eigenvalue weighted by Crippen LogP contribution is 2.46. The van der Waals surface area contributed by atoms with E-state index in [2.05, 4.69) is 28.9 Å². The van der Waals surface area contributed by atoms with Gasteiger partial charge in [0.05, 0.1) is 16.8 Å². The van der Waals surface area contributed by atoms with Gasteiger partial charge in [-0.15, -0.1) is 0 Å². The normalized spacial score (nSPS) is 28.0. The number of carbonyl (C=O) groups is 1. The van der Waals surface area contributed by atoms with Crippen LogP contribution in [0.2, 0.25) is 0 Å². The Kier molecular flexibility index (Phi) is 4.82. The van der Waals surface area contributed by atoms with Crippen LogP contribution in [-0.2, 0) is 4.79 Å². The summed E-state index contributed by atoms with van der Waals surface area (Å²) in [4.78, 5) is 25.3. The highest BCUT2D eigenvalue weighted by molar-refractivity contribution is 6.00. The van der Waals surface area contributed by atoms with Gasteiger partial charge in [0.1, 0.15) is 5.82 Å². The van der Waals surface area contributed by atoms with Gasteiger partial charge in [-0.3, -0.25) is 9.69 Å². The van der Waals surface area contributed by atoms with Crippen LogP contribution in [0.5, 0.6) is 0 Å². The second kappa shape index (κ2) is 7.33. The molecule has 0 unspecified atom stereocenters. The van der Waals surface area contributed by atoms with E-state index in [0.717, 1.165) is 56.1 Å². The second-order valence-corrected chi connectivity index (χ2v) is 9.45. The van der Waals surface area contributed by atoms with Crippen molar-refractivity contribution in [2.24, 2.45) is 5.41 Å². The van der Waals surface area contributed by atoms with E-state index in [1.54, 1.807) is 0 Å². The predicted octanol–water partition coefficient (Wildman–Crippen LogP) is 3.75. The van der Waals surface area contributed by atoms with E-state index in [4.69, 9.17) is 4.98 Å². The molecule has 4 aliphatic rings. The molecule has 3 aliphatic heterocycles. The molecule has 1 amide bonds. The summed E-state index contributed by atoms with van der Waals surface area (Å²) in [6.45, 7) is 7.66. The summed E-state index contributed by atoms with van der Waals surface area (Å²) in [5.41, 5.74) is 1.97. The van der Waals surface area contributed by atoms with Gasteiger partial charge in [0.25, 0.3) is 0 Å². The Morgan fingerprint density at radius 3 is 2.50 bits per heavy atom. The van der Waals surface area contributed by atoms with Gasteiger partial charge in [-0.25, -0.2) is 4.98 Å². The third-order valence-electron chi connectivity index (χ3n) is 7.80. The quantitative estimate of drug-likeness (QED) is 0.798. The number of likely N-dealkylation sites (tertiary alicyclic amines) is 1. The fourth-order valence-electron chi connectivity index (χ4n) is 6.10. The minimum atomic E-state index is -0.0682. The topological polar surface area (TPSA) is 39.7 Å². The molecule has 28 heavy (non-hydrogen) atoms. The molecule has 3 saturated heterocycles. The number of carbonyl (C=O) groups excluding carboxylic acids is 1. The van der Waals surface area contributed by atoms with Crippen molar-refractivity contribution >= 4 is 17.4 Å². The van der Waals surface area contributed by atoms with Crippen LogP contribution in [0.1, 0.15) is 63.5 Å². The average molecular weight is 383 g/mol. The third-order valence-corrected chi connectivity index (χ3v) is 7.80. The van der Waals surface area contributed by atoms with Crippen molar-refractivity contribution < 1.29 is 4.79 Å². The first-order valence-corrected chi connectivity index (χ1v) is 11.4. The van der Waals surface area contributed by atoms with Gasteiger partial charge in [-0.05, 0) is 70.7 Å². The van der Waals surface area contributed by atoms with Gasteiger partial charge in [-0.1, -0.05) is 19.3 Å². The van der Waals surface area contributed by atoms with Crippen molar-refractivity contribution in [1.29, 1.82) is 0 Å². The number of anilines is 2. The van der Waals surface area contributed by atoms with E-state index < -0.39 is 0 Å². The molecule has 5 nitrogen and oxygen atoms in total. The van der Waals surface area contributed by atoms with Crippen LogP contribution in [0.4, 0.5) is 11.5 Å². The maximum atomic E-state index is 13.2. The van der Waals surface area contributed by atoms with Gasteiger partial charge >= 0.3 is 0 Å². The minimum Gasteiger partial charge on any atom is -0.355 e. The van der Waals surface area contributed by atoms with E-state index in [0.29, 0.717) is 11.9 Å². The van der Waals surface area contributed by atoms with Crippen LogP contribution in [0, 0.1) is 12.3 Å². The molecular formula is C23H34N4O. The number of rotatable bonds is 3. The van der Waals surface area contributed by atoms with Crippen LogP contribution in [0.25, 0.3) is 0 Å². The van der Waals surface area contributed by atoms with E-state index in [1.807, 2.05) is 4.90 Å². The Labute approximate surface area is 169 Å². The van der Waals surface area contributed by atoms with Gasteiger partial charge in [0.2, 0.25) is 5.91 Å². The zero-order valence-corrected chi connectivity index (χ0v) is 17.3. The van der Waals surface area contributed by atoms with Gasteiger partial charge in [0.15, 0.2) is 0 Å². The molecule has 0 radical (unpaired) electrons. The lowest BCUT2D eigenvalue weighted by Crippen LogP contribution is -2.36. The zero-order valence-electron chi connectivity index (χ0n) is 17.3. The molecule has 0 N–H and O–H groups in total. The summed E-state index contributed by atoms with van der Waals surface area (Å²) in [6, 6.07) is 4.99. The van der Waals surface area contributed by atoms with Gasteiger partial charge < -0.3 is 9.80 Å². The van der Waals surface area contributed by atoms with Gasteiger partial charge in [0, 0.05) is 25.7 Å². The average Bonchev–Trinajstić information content (AvgIpc) is 3.45. The second-order valence-electron chi connectivity index (χ2n) is 9.45. The summed E-state index contributed by atoms with van der Waals surface area (Å²) >= 11 is 0. The summed E-state index contributed by atoms with van der Waals surface area (Å²) in [5, 5.41) is 0. The zero-order chi connectivity index (χ0) is 19.1. The highest BCUT2D eigenvalue weighted by atomic mass is 16.2. The van der Waals surface area contributed by atoms with Crippen molar-refractivity contribution in [3.63, 3.8) is 0 Å². The molecule has 5 heteroatoms. The smallest absolute Gasteiger partial charge is 0.233 e. The molecule has 4 heterocycles. The molecule has 4 fully saturated rings. The number of aryl methyl sites for hydroxylation is 1. The Balaban J connectivity index is 1.30. The molecule has 5 rings (SSSR count). The third kappa shape index (κ3) is 3.12. The van der Waals surface area contributed by atoms with E-state index in [1.165, 1.54) is 51.6 Å². The largest absolute Gasteiger partial charge is 0.355 e. The number of hydrogen-bond acceptors (Lipinski definition) is 4. The maximum Gasteiger partial charge on any atom is 0.233 e. The Morgan fingerprint density at radius 1 is 0.964 bits per heavy atom. The molecule has 1 aromatic rings. The standard InChI is InChI=1S/C23H34N4O/c1-18-20(27-16-12-23(22(27)28)10-3-2-4-11-23)7-8-21(24-18)26-15-9-19(17-26)25-13-5-6-14-25/h7-8,19H,2-6,9-17H2,1H3/t19-/m1/s1. The Morgan fingerprint density at radius 2 is 1.75 bits per heavy atom. The molecular weight excluding hydrogens is 348 g/mol. The van der Waals surface area contributed by atoms with E-state index in [-0.39, 0.29) is 5.41 Å². The lowest BCUT2D eigenvalue weighted by Gasteiger charge is -2.31. The first-order valence-electron chi connectivity index (χ1n) is 11.4. The van der Waals surface area contributed by atoms with Crippen molar-refractivity contribution in [3.05, 3.63) is 17.8 Å². The van der Waals surface area contributed by atoms with Crippen LogP contribution in [0.3, 0.4) is 0 Å². The molecule has 1 aromatic heterocycles. The molecule has 1 atom stereocenters. The molecule has 1 aliphatic carbocycles. The molecule has 1 saturated carbocycles. The first kappa shape index (κ1) is 18.4. The monoisotopic (exact) mass is 382 g/mol. The molecule has 1 spiro atoms. The predicted molar refractivity (Wildman–Crippen MR) is 113 cm³/mol. The number of pyridine rings is 1. The SMILES string of the molecule is Cc1nc(N2CC[C@@H](N3CCCC3)C2)ccc1N1CCC2(CCCCC2)C1=O. The number of amides is 1. The first-order chi connectivity index (χ1) is 13.7. The number of nitrogens with zero attached hydrogens (tertiary/aromatic N) is 4. The summed E-state index contributed by atoms with van der Waals surface area (Å²) in [5.74, 6) is 1.45. The summed E-state index contributed by atoms with van der Waals surface area (Å²) in [7, 11) is 0.